The van der Waals surface area contributed by atoms with Crippen molar-refractivity contribution >= 4 is 5.91 Å². The number of hydrogen-bond donors (Lipinski definition) is 1. The second kappa shape index (κ2) is 7.55. The molecular weight excluding hydrogens is 267 g/mol. The Morgan fingerprint density at radius 2 is 2.14 bits per heavy atom. The van der Waals surface area contributed by atoms with Gasteiger partial charge in [-0.1, -0.05) is 12.1 Å². The first kappa shape index (κ1) is 16.0. The fourth-order valence-electron chi connectivity index (χ4n) is 2.86. The van der Waals surface area contributed by atoms with Crippen molar-refractivity contribution in [2.24, 2.45) is 5.92 Å². The molecule has 1 saturated heterocycles. The van der Waals surface area contributed by atoms with E-state index in [-0.39, 0.29) is 17.8 Å². The minimum Gasteiger partial charge on any atom is -0.339 e. The van der Waals surface area contributed by atoms with Gasteiger partial charge in [-0.05, 0) is 62.9 Å². The van der Waals surface area contributed by atoms with E-state index in [0.717, 1.165) is 25.1 Å². The van der Waals surface area contributed by atoms with Crippen LogP contribution in [0.2, 0.25) is 0 Å². The number of hydrogen-bond acceptors (Lipinski definition) is 2. The maximum Gasteiger partial charge on any atom is 0.222 e. The number of nitrogens with zero attached hydrogens (tertiary/aromatic N) is 1. The van der Waals surface area contributed by atoms with Crippen molar-refractivity contribution in [3.8, 4) is 0 Å². The maximum atomic E-state index is 12.9. The number of rotatable bonds is 5. The van der Waals surface area contributed by atoms with Gasteiger partial charge in [-0.25, -0.2) is 4.39 Å². The van der Waals surface area contributed by atoms with E-state index in [1.54, 1.807) is 17.0 Å². The largest absolute Gasteiger partial charge is 0.339 e. The molecule has 1 aliphatic heterocycles. The monoisotopic (exact) mass is 292 g/mol. The quantitative estimate of drug-likeness (QED) is 0.904. The predicted molar refractivity (Wildman–Crippen MR) is 82.4 cm³/mol. The Bertz CT molecular complexity index is 454. The minimum atomic E-state index is -0.246. The highest BCUT2D eigenvalue weighted by atomic mass is 19.1. The number of amides is 1. The molecule has 2 unspecified atom stereocenters. The lowest BCUT2D eigenvalue weighted by Crippen LogP contribution is -2.33. The van der Waals surface area contributed by atoms with Gasteiger partial charge in [-0.2, -0.15) is 0 Å². The maximum absolute atomic E-state index is 12.9. The molecule has 1 amide bonds. The van der Waals surface area contributed by atoms with Gasteiger partial charge in [0.1, 0.15) is 5.82 Å². The number of carbonyl (C=O) groups is 1. The average Bonchev–Trinajstić information content (AvgIpc) is 2.53. The smallest absolute Gasteiger partial charge is 0.222 e. The number of halogens is 1. The van der Waals surface area contributed by atoms with Crippen molar-refractivity contribution < 1.29 is 9.18 Å². The molecule has 2 atom stereocenters. The first-order valence-electron chi connectivity index (χ1n) is 7.79. The van der Waals surface area contributed by atoms with Crippen LogP contribution in [0.1, 0.15) is 44.2 Å². The van der Waals surface area contributed by atoms with Gasteiger partial charge in [-0.3, -0.25) is 4.79 Å². The molecule has 0 saturated carbocycles. The fourth-order valence-corrected chi connectivity index (χ4v) is 2.86. The standard InChI is InChI=1S/C17H25FN2O/c1-13(15-6-8-16(18)9-7-15)20(2)17(21)10-5-14-4-3-11-19-12-14/h6-9,13-14,19H,3-5,10-12H2,1-2H3. The second-order valence-electron chi connectivity index (χ2n) is 5.98. The zero-order chi connectivity index (χ0) is 15.2. The fraction of sp³-hybridized carbons (Fsp3) is 0.588. The molecular formula is C17H25FN2O. The Morgan fingerprint density at radius 3 is 2.76 bits per heavy atom. The SMILES string of the molecule is CC(c1ccc(F)cc1)N(C)C(=O)CCC1CCCNC1. The van der Waals surface area contributed by atoms with E-state index in [1.807, 2.05) is 14.0 Å². The van der Waals surface area contributed by atoms with E-state index in [0.29, 0.717) is 12.3 Å². The highest BCUT2D eigenvalue weighted by Crippen LogP contribution is 2.22. The van der Waals surface area contributed by atoms with Gasteiger partial charge in [0.2, 0.25) is 5.91 Å². The summed E-state index contributed by atoms with van der Waals surface area (Å²) >= 11 is 0. The molecule has 0 bridgehead atoms. The summed E-state index contributed by atoms with van der Waals surface area (Å²) in [7, 11) is 1.83. The topological polar surface area (TPSA) is 32.3 Å². The van der Waals surface area contributed by atoms with Crippen LogP contribution in [-0.4, -0.2) is 30.9 Å². The number of carbonyl (C=O) groups excluding carboxylic acids is 1. The molecule has 1 aliphatic rings. The molecule has 0 spiro atoms. The van der Waals surface area contributed by atoms with Crippen molar-refractivity contribution in [1.29, 1.82) is 0 Å². The first-order chi connectivity index (χ1) is 10.1. The molecule has 21 heavy (non-hydrogen) atoms. The zero-order valence-corrected chi connectivity index (χ0v) is 12.9. The van der Waals surface area contributed by atoms with Crippen molar-refractivity contribution in [1.82, 2.24) is 10.2 Å². The molecule has 1 aromatic carbocycles. The zero-order valence-electron chi connectivity index (χ0n) is 12.9. The lowest BCUT2D eigenvalue weighted by molar-refractivity contribution is -0.132. The van der Waals surface area contributed by atoms with E-state index in [9.17, 15) is 9.18 Å². The molecule has 1 fully saturated rings. The Morgan fingerprint density at radius 1 is 1.43 bits per heavy atom. The van der Waals surface area contributed by atoms with Gasteiger partial charge < -0.3 is 10.2 Å². The van der Waals surface area contributed by atoms with Gasteiger partial charge in [-0.15, -0.1) is 0 Å². The number of benzene rings is 1. The summed E-state index contributed by atoms with van der Waals surface area (Å²) in [6.45, 7) is 4.11. The van der Waals surface area contributed by atoms with Crippen LogP contribution in [0.4, 0.5) is 4.39 Å². The summed E-state index contributed by atoms with van der Waals surface area (Å²) in [5.41, 5.74) is 0.964. The van der Waals surface area contributed by atoms with E-state index >= 15 is 0 Å². The summed E-state index contributed by atoms with van der Waals surface area (Å²) in [4.78, 5) is 14.1. The number of nitrogens with one attached hydrogen (secondary N) is 1. The third-order valence-corrected chi connectivity index (χ3v) is 4.49. The van der Waals surface area contributed by atoms with E-state index < -0.39 is 0 Å². The molecule has 0 radical (unpaired) electrons. The van der Waals surface area contributed by atoms with Crippen molar-refractivity contribution in [2.45, 2.75) is 38.6 Å². The summed E-state index contributed by atoms with van der Waals surface area (Å²) in [5.74, 6) is 0.541. The Kier molecular flexibility index (Phi) is 5.74. The van der Waals surface area contributed by atoms with Crippen molar-refractivity contribution in [3.63, 3.8) is 0 Å². The van der Waals surface area contributed by atoms with Crippen LogP contribution < -0.4 is 5.32 Å². The van der Waals surface area contributed by atoms with Crippen molar-refractivity contribution in [3.05, 3.63) is 35.6 Å². The highest BCUT2D eigenvalue weighted by Gasteiger charge is 2.20. The predicted octanol–water partition coefficient (Wildman–Crippen LogP) is 3.12. The van der Waals surface area contributed by atoms with Crippen LogP contribution in [0.5, 0.6) is 0 Å². The molecule has 1 N–H and O–H groups in total. The van der Waals surface area contributed by atoms with Crippen LogP contribution in [0, 0.1) is 11.7 Å². The second-order valence-corrected chi connectivity index (χ2v) is 5.98. The molecule has 116 valence electrons. The van der Waals surface area contributed by atoms with Crippen LogP contribution in [0.3, 0.4) is 0 Å². The third kappa shape index (κ3) is 4.53. The molecule has 0 aliphatic carbocycles. The Labute approximate surface area is 126 Å². The molecule has 0 aromatic heterocycles. The molecule has 2 rings (SSSR count). The lowest BCUT2D eigenvalue weighted by atomic mass is 9.94. The van der Waals surface area contributed by atoms with Gasteiger partial charge in [0.05, 0.1) is 6.04 Å². The van der Waals surface area contributed by atoms with Crippen molar-refractivity contribution in [2.75, 3.05) is 20.1 Å². The first-order valence-corrected chi connectivity index (χ1v) is 7.79. The van der Waals surface area contributed by atoms with Gasteiger partial charge >= 0.3 is 0 Å². The molecule has 1 heterocycles. The number of piperidine rings is 1. The molecule has 4 heteroatoms. The summed E-state index contributed by atoms with van der Waals surface area (Å²) < 4.78 is 12.9. The van der Waals surface area contributed by atoms with E-state index in [1.165, 1.54) is 25.0 Å². The van der Waals surface area contributed by atoms with Gasteiger partial charge in [0, 0.05) is 13.5 Å². The van der Waals surface area contributed by atoms with Crippen LogP contribution >= 0.6 is 0 Å². The lowest BCUT2D eigenvalue weighted by Gasteiger charge is -2.27. The highest BCUT2D eigenvalue weighted by molar-refractivity contribution is 5.76. The normalized spacial score (nSPS) is 20.0. The molecule has 1 aromatic rings. The van der Waals surface area contributed by atoms with Gasteiger partial charge in [0.25, 0.3) is 0 Å². The summed E-state index contributed by atoms with van der Waals surface area (Å²) in [5, 5.41) is 3.38. The van der Waals surface area contributed by atoms with Crippen LogP contribution in [0.25, 0.3) is 0 Å². The Balaban J connectivity index is 1.84. The minimum absolute atomic E-state index is 0.0254. The van der Waals surface area contributed by atoms with Crippen LogP contribution in [-0.2, 0) is 4.79 Å². The van der Waals surface area contributed by atoms with E-state index in [2.05, 4.69) is 5.32 Å². The Hall–Kier alpha value is -1.42. The van der Waals surface area contributed by atoms with E-state index in [4.69, 9.17) is 0 Å². The molecule has 3 nitrogen and oxygen atoms in total. The average molecular weight is 292 g/mol. The van der Waals surface area contributed by atoms with Crippen LogP contribution in [0.15, 0.2) is 24.3 Å². The third-order valence-electron chi connectivity index (χ3n) is 4.49. The summed E-state index contributed by atoms with van der Waals surface area (Å²) in [6.07, 6.45) is 3.97. The summed E-state index contributed by atoms with van der Waals surface area (Å²) in [6, 6.07) is 6.35. The van der Waals surface area contributed by atoms with Gasteiger partial charge in [0.15, 0.2) is 0 Å².